The quantitative estimate of drug-likeness (QED) is 0.550. The smallest absolute Gasteiger partial charge is 0.337 e. The highest BCUT2D eigenvalue weighted by Gasteiger charge is 2.10. The fourth-order valence-electron chi connectivity index (χ4n) is 2.19. The number of benzene rings is 1. The monoisotopic (exact) mass is 357 g/mol. The summed E-state index contributed by atoms with van der Waals surface area (Å²) in [5, 5.41) is 5.91. The largest absolute Gasteiger partial charge is 0.465 e. The van der Waals surface area contributed by atoms with Crippen LogP contribution in [0, 0.1) is 0 Å². The number of methoxy groups -OCH3 is 1. The van der Waals surface area contributed by atoms with Crippen LogP contribution in [0.1, 0.15) is 27.3 Å². The summed E-state index contributed by atoms with van der Waals surface area (Å²) in [6.45, 7) is 1.72. The van der Waals surface area contributed by atoms with Gasteiger partial charge in [-0.3, -0.25) is 4.79 Å². The number of hydrogen-bond donors (Lipinski definition) is 2. The average Bonchev–Trinajstić information content (AvgIpc) is 2.65. The Hall–Kier alpha value is -3.00. The van der Waals surface area contributed by atoms with Crippen molar-refractivity contribution in [1.82, 2.24) is 14.9 Å². The van der Waals surface area contributed by atoms with Gasteiger partial charge < -0.3 is 20.3 Å². The van der Waals surface area contributed by atoms with Crippen molar-refractivity contribution in [3.05, 3.63) is 47.9 Å². The third-order valence-corrected chi connectivity index (χ3v) is 3.55. The molecule has 2 N–H and O–H groups in total. The fraction of sp³-hybridized carbons (Fsp3) is 0.333. The zero-order valence-electron chi connectivity index (χ0n) is 15.2. The van der Waals surface area contributed by atoms with Crippen LogP contribution in [0.15, 0.2) is 36.7 Å². The number of rotatable bonds is 8. The van der Waals surface area contributed by atoms with E-state index in [-0.39, 0.29) is 11.6 Å². The number of carbonyl (C=O) groups excluding carboxylic acids is 2. The van der Waals surface area contributed by atoms with Gasteiger partial charge in [0, 0.05) is 18.3 Å². The first kappa shape index (κ1) is 19.3. The lowest BCUT2D eigenvalue weighted by Crippen LogP contribution is -2.17. The molecule has 0 bridgehead atoms. The third-order valence-electron chi connectivity index (χ3n) is 3.55. The zero-order valence-corrected chi connectivity index (χ0v) is 15.2. The topological polar surface area (TPSA) is 96.4 Å². The SMILES string of the molecule is COC(=O)c1ccc(NC(=O)c2cc(NCCCN(C)C)ncn2)cc1. The molecule has 8 heteroatoms. The van der Waals surface area contributed by atoms with Crippen LogP contribution in [0.4, 0.5) is 11.5 Å². The molecule has 1 amide bonds. The van der Waals surface area contributed by atoms with E-state index in [0.717, 1.165) is 19.5 Å². The van der Waals surface area contributed by atoms with Crippen molar-refractivity contribution in [2.45, 2.75) is 6.42 Å². The molecule has 1 aromatic carbocycles. The Morgan fingerprint density at radius 3 is 2.54 bits per heavy atom. The van der Waals surface area contributed by atoms with Crippen molar-refractivity contribution in [2.75, 3.05) is 44.9 Å². The number of nitrogens with one attached hydrogen (secondary N) is 2. The van der Waals surface area contributed by atoms with Crippen LogP contribution in [0.5, 0.6) is 0 Å². The van der Waals surface area contributed by atoms with Gasteiger partial charge in [0.2, 0.25) is 0 Å². The Bertz CT molecular complexity index is 747. The molecule has 2 rings (SSSR count). The summed E-state index contributed by atoms with van der Waals surface area (Å²) < 4.78 is 4.64. The molecule has 0 atom stereocenters. The molecule has 0 aliphatic carbocycles. The minimum atomic E-state index is -0.427. The van der Waals surface area contributed by atoms with E-state index < -0.39 is 5.97 Å². The number of hydrogen-bond acceptors (Lipinski definition) is 7. The van der Waals surface area contributed by atoms with Gasteiger partial charge in [-0.1, -0.05) is 0 Å². The first-order valence-corrected chi connectivity index (χ1v) is 8.20. The van der Waals surface area contributed by atoms with Crippen LogP contribution in [0.3, 0.4) is 0 Å². The molecule has 138 valence electrons. The van der Waals surface area contributed by atoms with Gasteiger partial charge in [-0.25, -0.2) is 14.8 Å². The van der Waals surface area contributed by atoms with Crippen LogP contribution in [-0.4, -0.2) is 61.0 Å². The Balaban J connectivity index is 1.94. The molecule has 0 fully saturated rings. The van der Waals surface area contributed by atoms with Gasteiger partial charge in [0.1, 0.15) is 17.8 Å². The van der Waals surface area contributed by atoms with Gasteiger partial charge in [0.05, 0.1) is 12.7 Å². The molecule has 1 heterocycles. The van der Waals surface area contributed by atoms with Crippen molar-refractivity contribution >= 4 is 23.4 Å². The highest BCUT2D eigenvalue weighted by atomic mass is 16.5. The highest BCUT2D eigenvalue weighted by molar-refractivity contribution is 6.03. The van der Waals surface area contributed by atoms with Crippen molar-refractivity contribution in [3.8, 4) is 0 Å². The van der Waals surface area contributed by atoms with E-state index in [1.807, 2.05) is 14.1 Å². The van der Waals surface area contributed by atoms with Gasteiger partial charge in [-0.2, -0.15) is 0 Å². The van der Waals surface area contributed by atoms with E-state index in [1.54, 1.807) is 30.3 Å². The molecule has 0 aliphatic heterocycles. The Morgan fingerprint density at radius 2 is 1.88 bits per heavy atom. The van der Waals surface area contributed by atoms with E-state index >= 15 is 0 Å². The Kier molecular flexibility index (Phi) is 7.04. The second kappa shape index (κ2) is 9.47. The number of esters is 1. The molecular formula is C18H23N5O3. The molecule has 1 aromatic heterocycles. The van der Waals surface area contributed by atoms with Crippen LogP contribution in [0.2, 0.25) is 0 Å². The second-order valence-electron chi connectivity index (χ2n) is 5.90. The third kappa shape index (κ3) is 5.82. The number of ether oxygens (including phenoxy) is 1. The molecule has 0 radical (unpaired) electrons. The summed E-state index contributed by atoms with van der Waals surface area (Å²) in [5.74, 6) is -0.178. The number of carbonyl (C=O) groups is 2. The van der Waals surface area contributed by atoms with Crippen molar-refractivity contribution in [3.63, 3.8) is 0 Å². The van der Waals surface area contributed by atoms with Crippen molar-refractivity contribution < 1.29 is 14.3 Å². The number of amides is 1. The average molecular weight is 357 g/mol. The van der Waals surface area contributed by atoms with Crippen molar-refractivity contribution in [1.29, 1.82) is 0 Å². The Morgan fingerprint density at radius 1 is 1.15 bits per heavy atom. The van der Waals surface area contributed by atoms with Gasteiger partial charge in [0.15, 0.2) is 0 Å². The van der Waals surface area contributed by atoms with E-state index in [2.05, 4.69) is 30.2 Å². The summed E-state index contributed by atoms with van der Waals surface area (Å²) in [6, 6.07) is 8.03. The number of anilines is 2. The van der Waals surface area contributed by atoms with Gasteiger partial charge in [-0.15, -0.1) is 0 Å². The number of aromatic nitrogens is 2. The maximum absolute atomic E-state index is 12.3. The first-order valence-electron chi connectivity index (χ1n) is 8.20. The standard InChI is InChI=1S/C18H23N5O3/c1-23(2)10-4-9-19-16-11-15(20-12-21-16)17(24)22-14-7-5-13(6-8-14)18(25)26-3/h5-8,11-12H,4,9-10H2,1-3H3,(H,22,24)(H,19,20,21). The van der Waals surface area contributed by atoms with Crippen LogP contribution in [-0.2, 0) is 4.74 Å². The lowest BCUT2D eigenvalue weighted by molar-refractivity contribution is 0.0600. The van der Waals surface area contributed by atoms with E-state index in [9.17, 15) is 9.59 Å². The Labute approximate surface area is 152 Å². The van der Waals surface area contributed by atoms with Crippen LogP contribution >= 0.6 is 0 Å². The highest BCUT2D eigenvalue weighted by Crippen LogP contribution is 2.12. The van der Waals surface area contributed by atoms with Gasteiger partial charge in [-0.05, 0) is 51.3 Å². The lowest BCUT2D eigenvalue weighted by atomic mass is 10.2. The predicted octanol–water partition coefficient (Wildman–Crippen LogP) is 1.88. The summed E-state index contributed by atoms with van der Waals surface area (Å²) in [6.07, 6.45) is 2.31. The molecule has 8 nitrogen and oxygen atoms in total. The van der Waals surface area contributed by atoms with Gasteiger partial charge >= 0.3 is 5.97 Å². The second-order valence-corrected chi connectivity index (χ2v) is 5.90. The maximum atomic E-state index is 12.3. The lowest BCUT2D eigenvalue weighted by Gasteiger charge is -2.10. The summed E-state index contributed by atoms with van der Waals surface area (Å²) in [7, 11) is 5.36. The molecule has 2 aromatic rings. The molecule has 0 saturated heterocycles. The van der Waals surface area contributed by atoms with Crippen LogP contribution in [0.25, 0.3) is 0 Å². The zero-order chi connectivity index (χ0) is 18.9. The number of nitrogens with zero attached hydrogens (tertiary/aromatic N) is 3. The first-order chi connectivity index (χ1) is 12.5. The van der Waals surface area contributed by atoms with E-state index in [1.165, 1.54) is 13.4 Å². The van der Waals surface area contributed by atoms with E-state index in [4.69, 9.17) is 0 Å². The van der Waals surface area contributed by atoms with Crippen molar-refractivity contribution in [2.24, 2.45) is 0 Å². The minimum Gasteiger partial charge on any atom is -0.465 e. The van der Waals surface area contributed by atoms with Gasteiger partial charge in [0.25, 0.3) is 5.91 Å². The molecule has 26 heavy (non-hydrogen) atoms. The molecule has 0 spiro atoms. The fourth-order valence-corrected chi connectivity index (χ4v) is 2.19. The molecule has 0 aliphatic rings. The van der Waals surface area contributed by atoms with E-state index in [0.29, 0.717) is 17.1 Å². The molecule has 0 saturated carbocycles. The predicted molar refractivity (Wildman–Crippen MR) is 99.4 cm³/mol. The normalized spacial score (nSPS) is 10.5. The summed E-state index contributed by atoms with van der Waals surface area (Å²) >= 11 is 0. The summed E-state index contributed by atoms with van der Waals surface area (Å²) in [4.78, 5) is 34.0. The minimum absolute atomic E-state index is 0.257. The summed E-state index contributed by atoms with van der Waals surface area (Å²) in [5.41, 5.74) is 1.23. The molecular weight excluding hydrogens is 334 g/mol. The molecule has 0 unspecified atom stereocenters. The van der Waals surface area contributed by atoms with Crippen LogP contribution < -0.4 is 10.6 Å². The maximum Gasteiger partial charge on any atom is 0.337 e.